The highest BCUT2D eigenvalue weighted by Crippen LogP contribution is 2.53. The first-order valence-electron chi connectivity index (χ1n) is 6.13. The smallest absolute Gasteiger partial charge is 0.133 e. The molecule has 2 aliphatic rings. The number of fused-ring (bicyclic) bond motifs is 1. The molecule has 0 spiro atoms. The molecule has 0 heterocycles. The highest BCUT2D eigenvalue weighted by molar-refractivity contribution is 5.80. The van der Waals surface area contributed by atoms with E-state index in [4.69, 9.17) is 0 Å². The van der Waals surface area contributed by atoms with Crippen molar-refractivity contribution in [3.63, 3.8) is 0 Å². The molecule has 2 atom stereocenters. The highest BCUT2D eigenvalue weighted by Gasteiger charge is 2.46. The van der Waals surface area contributed by atoms with Crippen molar-refractivity contribution in [3.8, 4) is 0 Å². The second-order valence-electron chi connectivity index (χ2n) is 5.41. The van der Waals surface area contributed by atoms with Crippen molar-refractivity contribution in [2.24, 2.45) is 11.3 Å². The third-order valence-electron chi connectivity index (χ3n) is 4.39. The standard InChI is InChI=1S/C13H20O2/c1-10(14)6-8-13-7-2-3-11(13)4-5-12(15)9-13/h11H,2-9H2,1H3/t11-,13-/m1/s1. The number of rotatable bonds is 3. The number of hydrogen-bond donors (Lipinski definition) is 0. The predicted molar refractivity (Wildman–Crippen MR) is 58.5 cm³/mol. The van der Waals surface area contributed by atoms with Crippen molar-refractivity contribution in [2.45, 2.75) is 58.3 Å². The number of carbonyl (C=O) groups is 2. The number of ketones is 2. The highest BCUT2D eigenvalue weighted by atomic mass is 16.1. The topological polar surface area (TPSA) is 34.1 Å². The summed E-state index contributed by atoms with van der Waals surface area (Å²) >= 11 is 0. The lowest BCUT2D eigenvalue weighted by Crippen LogP contribution is -2.33. The Hall–Kier alpha value is -0.660. The lowest BCUT2D eigenvalue weighted by molar-refractivity contribution is -0.126. The first-order valence-corrected chi connectivity index (χ1v) is 6.13. The maximum Gasteiger partial charge on any atom is 0.133 e. The zero-order valence-corrected chi connectivity index (χ0v) is 9.55. The summed E-state index contributed by atoms with van der Waals surface area (Å²) in [6.07, 6.45) is 7.97. The van der Waals surface area contributed by atoms with Gasteiger partial charge in [-0.05, 0) is 43.9 Å². The summed E-state index contributed by atoms with van der Waals surface area (Å²) in [5.74, 6) is 1.43. The minimum atomic E-state index is 0.223. The van der Waals surface area contributed by atoms with Gasteiger partial charge in [0.25, 0.3) is 0 Å². The zero-order valence-electron chi connectivity index (χ0n) is 9.55. The summed E-state index contributed by atoms with van der Waals surface area (Å²) in [5.41, 5.74) is 0.223. The van der Waals surface area contributed by atoms with Gasteiger partial charge in [-0.1, -0.05) is 6.42 Å². The van der Waals surface area contributed by atoms with E-state index >= 15 is 0 Å². The summed E-state index contributed by atoms with van der Waals surface area (Å²) in [7, 11) is 0. The van der Waals surface area contributed by atoms with Crippen LogP contribution in [0, 0.1) is 11.3 Å². The second-order valence-corrected chi connectivity index (χ2v) is 5.41. The fourth-order valence-electron chi connectivity index (χ4n) is 3.55. The predicted octanol–water partition coefficient (Wildman–Crippen LogP) is 2.90. The molecule has 0 aliphatic heterocycles. The van der Waals surface area contributed by atoms with Crippen molar-refractivity contribution in [3.05, 3.63) is 0 Å². The molecule has 2 rings (SSSR count). The van der Waals surface area contributed by atoms with Gasteiger partial charge < -0.3 is 4.79 Å². The Bertz CT molecular complexity index is 282. The average Bonchev–Trinajstić information content (AvgIpc) is 2.58. The van der Waals surface area contributed by atoms with Crippen LogP contribution in [0.15, 0.2) is 0 Å². The molecule has 0 bridgehead atoms. The largest absolute Gasteiger partial charge is 0.300 e. The van der Waals surface area contributed by atoms with Gasteiger partial charge in [0.15, 0.2) is 0 Å². The van der Waals surface area contributed by atoms with Crippen LogP contribution in [-0.2, 0) is 9.59 Å². The van der Waals surface area contributed by atoms with E-state index in [1.54, 1.807) is 6.92 Å². The number of Topliss-reactive ketones (excluding diaryl/α,β-unsaturated/α-hetero) is 2. The molecule has 15 heavy (non-hydrogen) atoms. The van der Waals surface area contributed by atoms with E-state index in [0.717, 1.165) is 31.6 Å². The van der Waals surface area contributed by atoms with Crippen LogP contribution in [0.4, 0.5) is 0 Å². The van der Waals surface area contributed by atoms with Crippen LogP contribution in [0.2, 0.25) is 0 Å². The minimum Gasteiger partial charge on any atom is -0.300 e. The lowest BCUT2D eigenvalue weighted by Gasteiger charge is -2.38. The molecular weight excluding hydrogens is 188 g/mol. The molecule has 0 aromatic heterocycles. The average molecular weight is 208 g/mol. The van der Waals surface area contributed by atoms with Crippen molar-refractivity contribution in [1.29, 1.82) is 0 Å². The van der Waals surface area contributed by atoms with E-state index in [2.05, 4.69) is 0 Å². The Balaban J connectivity index is 2.06. The van der Waals surface area contributed by atoms with Crippen LogP contribution < -0.4 is 0 Å². The fraction of sp³-hybridized carbons (Fsp3) is 0.846. The molecule has 0 unspecified atom stereocenters. The van der Waals surface area contributed by atoms with Crippen LogP contribution in [0.5, 0.6) is 0 Å². The zero-order chi connectivity index (χ0) is 10.9. The van der Waals surface area contributed by atoms with Gasteiger partial charge in [-0.25, -0.2) is 0 Å². The number of hydrogen-bond acceptors (Lipinski definition) is 2. The van der Waals surface area contributed by atoms with E-state index in [9.17, 15) is 9.59 Å². The Morgan fingerprint density at radius 2 is 2.27 bits per heavy atom. The minimum absolute atomic E-state index is 0.223. The summed E-state index contributed by atoms with van der Waals surface area (Å²) in [6.45, 7) is 1.66. The van der Waals surface area contributed by atoms with Gasteiger partial charge in [0, 0.05) is 19.3 Å². The molecule has 0 amide bonds. The molecule has 0 radical (unpaired) electrons. The van der Waals surface area contributed by atoms with Crippen LogP contribution in [0.3, 0.4) is 0 Å². The van der Waals surface area contributed by atoms with E-state index in [-0.39, 0.29) is 11.2 Å². The molecule has 2 aliphatic carbocycles. The monoisotopic (exact) mass is 208 g/mol. The van der Waals surface area contributed by atoms with Crippen LogP contribution in [-0.4, -0.2) is 11.6 Å². The van der Waals surface area contributed by atoms with E-state index in [1.807, 2.05) is 0 Å². The van der Waals surface area contributed by atoms with Gasteiger partial charge in [0.1, 0.15) is 11.6 Å². The number of carbonyl (C=O) groups excluding carboxylic acids is 2. The van der Waals surface area contributed by atoms with Crippen molar-refractivity contribution < 1.29 is 9.59 Å². The van der Waals surface area contributed by atoms with Crippen LogP contribution in [0.1, 0.15) is 58.3 Å². The van der Waals surface area contributed by atoms with Crippen molar-refractivity contribution >= 4 is 11.6 Å². The van der Waals surface area contributed by atoms with Gasteiger partial charge in [-0.15, -0.1) is 0 Å². The molecule has 84 valence electrons. The Morgan fingerprint density at radius 3 is 3.00 bits per heavy atom. The third kappa shape index (κ3) is 2.14. The quantitative estimate of drug-likeness (QED) is 0.714. The van der Waals surface area contributed by atoms with E-state index in [1.165, 1.54) is 19.3 Å². The molecule has 2 nitrogen and oxygen atoms in total. The summed E-state index contributed by atoms with van der Waals surface area (Å²) in [6, 6.07) is 0. The van der Waals surface area contributed by atoms with E-state index in [0.29, 0.717) is 12.2 Å². The Morgan fingerprint density at radius 1 is 1.47 bits per heavy atom. The normalized spacial score (nSPS) is 35.3. The lowest BCUT2D eigenvalue weighted by atomic mass is 9.65. The SMILES string of the molecule is CC(=O)CC[C@@]12CCC[C@@H]1CCC(=O)C2. The van der Waals surface area contributed by atoms with Gasteiger partial charge in [0.2, 0.25) is 0 Å². The second kappa shape index (κ2) is 4.07. The molecule has 0 aromatic rings. The molecule has 0 saturated heterocycles. The molecule has 2 heteroatoms. The van der Waals surface area contributed by atoms with Crippen LogP contribution in [0.25, 0.3) is 0 Å². The van der Waals surface area contributed by atoms with Gasteiger partial charge >= 0.3 is 0 Å². The molecule has 0 N–H and O–H groups in total. The maximum absolute atomic E-state index is 11.6. The molecule has 2 saturated carbocycles. The first-order chi connectivity index (χ1) is 7.12. The summed E-state index contributed by atoms with van der Waals surface area (Å²) in [5, 5.41) is 0. The third-order valence-corrected chi connectivity index (χ3v) is 4.39. The first kappa shape index (κ1) is 10.8. The maximum atomic E-state index is 11.6. The fourth-order valence-corrected chi connectivity index (χ4v) is 3.55. The summed E-state index contributed by atoms with van der Waals surface area (Å²) < 4.78 is 0. The van der Waals surface area contributed by atoms with E-state index < -0.39 is 0 Å². The van der Waals surface area contributed by atoms with Gasteiger partial charge in [0.05, 0.1) is 0 Å². The molecule has 2 fully saturated rings. The van der Waals surface area contributed by atoms with Gasteiger partial charge in [-0.3, -0.25) is 4.79 Å². The molecule has 0 aromatic carbocycles. The van der Waals surface area contributed by atoms with Crippen LogP contribution >= 0.6 is 0 Å². The van der Waals surface area contributed by atoms with Crippen molar-refractivity contribution in [2.75, 3.05) is 0 Å². The van der Waals surface area contributed by atoms with Gasteiger partial charge in [-0.2, -0.15) is 0 Å². The Labute approximate surface area is 91.4 Å². The van der Waals surface area contributed by atoms with Crippen molar-refractivity contribution in [1.82, 2.24) is 0 Å². The summed E-state index contributed by atoms with van der Waals surface area (Å²) in [4.78, 5) is 22.6. The molecular formula is C13H20O2. The Kier molecular flexibility index (Phi) is 2.94.